The molecule has 1 heterocycles. The van der Waals surface area contributed by atoms with Crippen LogP contribution in [0.2, 0.25) is 36.3 Å². The normalized spacial score (nSPS) is 27.5. The molecule has 0 N–H and O–H groups in total. The van der Waals surface area contributed by atoms with Crippen LogP contribution >= 0.6 is 11.8 Å². The van der Waals surface area contributed by atoms with Crippen LogP contribution < -0.4 is 0 Å². The van der Waals surface area contributed by atoms with Gasteiger partial charge in [0.05, 0.1) is 5.04 Å². The quantitative estimate of drug-likeness (QED) is 0.271. The summed E-state index contributed by atoms with van der Waals surface area (Å²) >= 11 is 1.77. The van der Waals surface area contributed by atoms with E-state index in [4.69, 9.17) is 8.85 Å². The molecule has 0 aromatic carbocycles. The lowest BCUT2D eigenvalue weighted by Crippen LogP contribution is -2.44. The van der Waals surface area contributed by atoms with E-state index >= 15 is 0 Å². The van der Waals surface area contributed by atoms with Gasteiger partial charge in [0.15, 0.2) is 16.6 Å². The lowest BCUT2D eigenvalue weighted by Gasteiger charge is -2.38. The standard InChI is InChI=1S/C27H51NO3SSi2/c1-25(2,3)33(7,8)30-15-13-27(14-16-31-34(9,10)26(4,5)6)24(29)28-23(32-27)19-22-18-20-11-12-21(22)17-20/h20-22H,11-19H2,1-10H3. The molecule has 1 amide bonds. The van der Waals surface area contributed by atoms with Crippen LogP contribution in [-0.4, -0.2) is 45.5 Å². The number of thioether (sulfide) groups is 1. The summed E-state index contributed by atoms with van der Waals surface area (Å²) in [5.41, 5.74) is 0. The molecule has 3 aliphatic rings. The predicted octanol–water partition coefficient (Wildman–Crippen LogP) is 8.05. The highest BCUT2D eigenvalue weighted by atomic mass is 32.2. The van der Waals surface area contributed by atoms with Gasteiger partial charge in [-0.15, -0.1) is 0 Å². The molecular weight excluding hydrogens is 475 g/mol. The Morgan fingerprint density at radius 3 is 1.85 bits per heavy atom. The van der Waals surface area contributed by atoms with Crippen molar-refractivity contribution in [2.75, 3.05) is 13.2 Å². The van der Waals surface area contributed by atoms with Crippen LogP contribution in [-0.2, 0) is 13.6 Å². The van der Waals surface area contributed by atoms with Gasteiger partial charge in [0.2, 0.25) is 0 Å². The van der Waals surface area contributed by atoms with Crippen molar-refractivity contribution >= 4 is 39.3 Å². The van der Waals surface area contributed by atoms with E-state index in [2.05, 4.69) is 72.7 Å². The second kappa shape index (κ2) is 10.1. The minimum absolute atomic E-state index is 0.0633. The Morgan fingerprint density at radius 2 is 1.44 bits per heavy atom. The zero-order valence-corrected chi connectivity index (χ0v) is 26.5. The highest BCUT2D eigenvalue weighted by Crippen LogP contribution is 2.52. The fourth-order valence-electron chi connectivity index (χ4n) is 5.26. The Labute approximate surface area is 216 Å². The van der Waals surface area contributed by atoms with Crippen LogP contribution in [0, 0.1) is 17.8 Å². The van der Waals surface area contributed by atoms with Crippen LogP contribution in [0.3, 0.4) is 0 Å². The molecule has 34 heavy (non-hydrogen) atoms. The smallest absolute Gasteiger partial charge is 0.263 e. The van der Waals surface area contributed by atoms with Gasteiger partial charge in [-0.25, -0.2) is 4.99 Å². The van der Waals surface area contributed by atoms with Crippen molar-refractivity contribution in [2.45, 2.75) is 127 Å². The second-order valence-electron chi connectivity index (χ2n) is 14.3. The minimum Gasteiger partial charge on any atom is -0.417 e. The van der Waals surface area contributed by atoms with E-state index in [1.165, 1.54) is 25.7 Å². The molecule has 196 valence electrons. The SMILES string of the molecule is CC(C)(C)[Si](C)(C)OCCC1(CCO[Si](C)(C)C(C)(C)C)SC(CC2CC3CCC2C3)=NC1=O. The van der Waals surface area contributed by atoms with E-state index < -0.39 is 21.4 Å². The summed E-state index contributed by atoms with van der Waals surface area (Å²) in [6.07, 6.45) is 8.01. The van der Waals surface area contributed by atoms with Crippen LogP contribution in [0.1, 0.15) is 86.5 Å². The molecule has 0 radical (unpaired) electrons. The third-order valence-electron chi connectivity index (χ3n) is 9.80. The molecule has 2 saturated carbocycles. The van der Waals surface area contributed by atoms with E-state index in [9.17, 15) is 4.79 Å². The topological polar surface area (TPSA) is 47.9 Å². The van der Waals surface area contributed by atoms with Crippen LogP contribution in [0.15, 0.2) is 4.99 Å². The summed E-state index contributed by atoms with van der Waals surface area (Å²) in [6, 6.07) is 0. The molecular formula is C27H51NO3SSi2. The molecule has 2 aliphatic carbocycles. The number of hydrogen-bond acceptors (Lipinski definition) is 4. The maximum Gasteiger partial charge on any atom is 0.263 e. The first-order valence-corrected chi connectivity index (χ1v) is 20.2. The molecule has 3 atom stereocenters. The van der Waals surface area contributed by atoms with Gasteiger partial charge in [0.25, 0.3) is 5.91 Å². The lowest BCUT2D eigenvalue weighted by atomic mass is 9.87. The zero-order chi connectivity index (χ0) is 25.6. The maximum absolute atomic E-state index is 13.4. The Morgan fingerprint density at radius 1 is 0.912 bits per heavy atom. The Balaban J connectivity index is 1.67. The molecule has 3 unspecified atom stereocenters. The van der Waals surface area contributed by atoms with Crippen LogP contribution in [0.4, 0.5) is 0 Å². The van der Waals surface area contributed by atoms with E-state index in [1.54, 1.807) is 11.8 Å². The fraction of sp³-hybridized carbons (Fsp3) is 0.926. The summed E-state index contributed by atoms with van der Waals surface area (Å²) in [5.74, 6) is 2.59. The highest BCUT2D eigenvalue weighted by Gasteiger charge is 2.48. The second-order valence-corrected chi connectivity index (χ2v) is 25.3. The monoisotopic (exact) mass is 525 g/mol. The summed E-state index contributed by atoms with van der Waals surface area (Å²) in [7, 11) is -3.71. The zero-order valence-electron chi connectivity index (χ0n) is 23.7. The number of aliphatic imine (C=N–C) groups is 1. The molecule has 2 bridgehead atoms. The first-order chi connectivity index (χ1) is 15.5. The number of nitrogens with zero attached hydrogens (tertiary/aromatic N) is 1. The molecule has 4 nitrogen and oxygen atoms in total. The third kappa shape index (κ3) is 6.29. The molecule has 0 spiro atoms. The van der Waals surface area contributed by atoms with Crippen molar-refractivity contribution in [3.05, 3.63) is 0 Å². The summed E-state index contributed by atoms with van der Waals surface area (Å²) in [5, 5.41) is 1.42. The van der Waals surface area contributed by atoms with E-state index in [0.717, 1.165) is 42.1 Å². The summed E-state index contributed by atoms with van der Waals surface area (Å²) in [4.78, 5) is 18.1. The Kier molecular flexibility index (Phi) is 8.48. The highest BCUT2D eigenvalue weighted by molar-refractivity contribution is 8.16. The predicted molar refractivity (Wildman–Crippen MR) is 152 cm³/mol. The first kappa shape index (κ1) is 28.6. The minimum atomic E-state index is -1.86. The van der Waals surface area contributed by atoms with Gasteiger partial charge >= 0.3 is 0 Å². The van der Waals surface area contributed by atoms with Crippen molar-refractivity contribution in [3.63, 3.8) is 0 Å². The van der Waals surface area contributed by atoms with Gasteiger partial charge in [0, 0.05) is 13.2 Å². The molecule has 1 aliphatic heterocycles. The van der Waals surface area contributed by atoms with Crippen molar-refractivity contribution in [2.24, 2.45) is 22.7 Å². The number of fused-ring (bicyclic) bond motifs is 2. The summed E-state index contributed by atoms with van der Waals surface area (Å²) in [6.45, 7) is 24.1. The largest absolute Gasteiger partial charge is 0.417 e. The van der Waals surface area contributed by atoms with Crippen molar-refractivity contribution in [3.8, 4) is 0 Å². The number of hydrogen-bond donors (Lipinski definition) is 0. The van der Waals surface area contributed by atoms with Crippen LogP contribution in [0.25, 0.3) is 0 Å². The van der Waals surface area contributed by atoms with Crippen molar-refractivity contribution in [1.82, 2.24) is 0 Å². The lowest BCUT2D eigenvalue weighted by molar-refractivity contribution is -0.120. The Bertz CT molecular complexity index is 750. The number of carbonyl (C=O) groups excluding carboxylic acids is 1. The van der Waals surface area contributed by atoms with E-state index in [0.29, 0.717) is 13.2 Å². The number of amides is 1. The third-order valence-corrected chi connectivity index (χ3v) is 20.3. The average Bonchev–Trinajstić information content (AvgIpc) is 3.35. The van der Waals surface area contributed by atoms with Gasteiger partial charge in [0.1, 0.15) is 4.75 Å². The molecule has 2 fully saturated rings. The van der Waals surface area contributed by atoms with Gasteiger partial charge in [-0.3, -0.25) is 4.79 Å². The molecule has 0 aromatic rings. The number of rotatable bonds is 10. The molecule has 0 saturated heterocycles. The summed E-state index contributed by atoms with van der Waals surface area (Å²) < 4.78 is 12.5. The maximum atomic E-state index is 13.4. The van der Waals surface area contributed by atoms with Gasteiger partial charge < -0.3 is 8.85 Å². The van der Waals surface area contributed by atoms with E-state index in [1.807, 2.05) is 0 Å². The average molecular weight is 526 g/mol. The fourth-order valence-corrected chi connectivity index (χ4v) is 8.73. The number of carbonyl (C=O) groups is 1. The van der Waals surface area contributed by atoms with Gasteiger partial charge in [-0.1, -0.05) is 59.7 Å². The molecule has 3 rings (SSSR count). The first-order valence-electron chi connectivity index (χ1n) is 13.5. The van der Waals surface area contributed by atoms with Crippen LogP contribution in [0.5, 0.6) is 0 Å². The Hall–Kier alpha value is 0.0438. The van der Waals surface area contributed by atoms with Crippen molar-refractivity contribution < 1.29 is 13.6 Å². The molecule has 7 heteroatoms. The molecule has 0 aromatic heterocycles. The van der Waals surface area contributed by atoms with Crippen molar-refractivity contribution in [1.29, 1.82) is 0 Å². The van der Waals surface area contributed by atoms with E-state index in [-0.39, 0.29) is 16.0 Å². The van der Waals surface area contributed by atoms with Gasteiger partial charge in [-0.2, -0.15) is 0 Å². The van der Waals surface area contributed by atoms with Gasteiger partial charge in [-0.05, 0) is 92.5 Å².